The standard InChI is InChI=1S/C20H24N4O3S/c1-16-18(13-17-5-3-2-4-6-17)15-24(22-16)20-8-7-19(14-21-20)28(25,26)23-9-11-27-12-10-23/h2-8,14,22H,9-13,15H2,1H3. The fraction of sp³-hybridized carbons (Fsp3) is 0.350. The zero-order chi connectivity index (χ0) is 19.6. The molecule has 1 aromatic carbocycles. The fourth-order valence-corrected chi connectivity index (χ4v) is 4.77. The normalized spacial score (nSPS) is 18.4. The van der Waals surface area contributed by atoms with Gasteiger partial charge in [-0.15, -0.1) is 0 Å². The first-order chi connectivity index (χ1) is 13.5. The molecule has 0 bridgehead atoms. The number of ether oxygens (including phenoxy) is 1. The molecule has 0 aliphatic carbocycles. The van der Waals surface area contributed by atoms with Crippen LogP contribution in [0.2, 0.25) is 0 Å². The van der Waals surface area contributed by atoms with Gasteiger partial charge in [0.25, 0.3) is 0 Å². The van der Waals surface area contributed by atoms with Crippen molar-refractivity contribution in [1.82, 2.24) is 14.7 Å². The molecule has 1 saturated heterocycles. The van der Waals surface area contributed by atoms with Gasteiger partial charge < -0.3 is 10.2 Å². The van der Waals surface area contributed by atoms with E-state index in [0.717, 1.165) is 12.1 Å². The first-order valence-electron chi connectivity index (χ1n) is 9.35. The van der Waals surface area contributed by atoms with Gasteiger partial charge in [0.05, 0.1) is 19.8 Å². The summed E-state index contributed by atoms with van der Waals surface area (Å²) in [6.45, 7) is 4.38. The Morgan fingerprint density at radius 1 is 1.11 bits per heavy atom. The van der Waals surface area contributed by atoms with Gasteiger partial charge in [-0.25, -0.2) is 13.4 Å². The monoisotopic (exact) mass is 400 g/mol. The summed E-state index contributed by atoms with van der Waals surface area (Å²) >= 11 is 0. The third-order valence-corrected chi connectivity index (χ3v) is 6.93. The van der Waals surface area contributed by atoms with Crippen molar-refractivity contribution in [3.63, 3.8) is 0 Å². The van der Waals surface area contributed by atoms with Gasteiger partial charge in [0.2, 0.25) is 10.0 Å². The van der Waals surface area contributed by atoms with E-state index < -0.39 is 10.0 Å². The molecule has 0 saturated carbocycles. The second-order valence-corrected chi connectivity index (χ2v) is 8.90. The molecule has 1 N–H and O–H groups in total. The molecule has 0 atom stereocenters. The maximum absolute atomic E-state index is 12.7. The molecule has 3 heterocycles. The van der Waals surface area contributed by atoms with E-state index in [4.69, 9.17) is 4.74 Å². The van der Waals surface area contributed by atoms with E-state index >= 15 is 0 Å². The van der Waals surface area contributed by atoms with E-state index in [1.165, 1.54) is 21.6 Å². The number of anilines is 1. The number of allylic oxidation sites excluding steroid dienone is 1. The number of aromatic nitrogens is 1. The number of hydrogen-bond acceptors (Lipinski definition) is 6. The van der Waals surface area contributed by atoms with Gasteiger partial charge in [0.15, 0.2) is 0 Å². The zero-order valence-corrected chi connectivity index (χ0v) is 16.7. The summed E-state index contributed by atoms with van der Waals surface area (Å²) in [6, 6.07) is 13.7. The minimum absolute atomic E-state index is 0.214. The second-order valence-electron chi connectivity index (χ2n) is 6.96. The highest BCUT2D eigenvalue weighted by molar-refractivity contribution is 7.89. The molecule has 7 nitrogen and oxygen atoms in total. The molecule has 28 heavy (non-hydrogen) atoms. The molecule has 1 fully saturated rings. The van der Waals surface area contributed by atoms with E-state index in [2.05, 4.69) is 29.5 Å². The summed E-state index contributed by atoms with van der Waals surface area (Å²) < 4.78 is 32.1. The number of hydrazine groups is 1. The SMILES string of the molecule is CC1=C(Cc2ccccc2)CN(c2ccc(S(=O)(=O)N3CCOCC3)cn2)N1. The predicted octanol–water partition coefficient (Wildman–Crippen LogP) is 1.94. The summed E-state index contributed by atoms with van der Waals surface area (Å²) in [5, 5.41) is 1.94. The molecule has 0 unspecified atom stereocenters. The summed E-state index contributed by atoms with van der Waals surface area (Å²) in [5.41, 5.74) is 7.00. The first-order valence-corrected chi connectivity index (χ1v) is 10.8. The van der Waals surface area contributed by atoms with E-state index in [1.807, 2.05) is 23.2 Å². The topological polar surface area (TPSA) is 74.8 Å². The Kier molecular flexibility index (Phi) is 5.34. The highest BCUT2D eigenvalue weighted by Gasteiger charge is 2.27. The van der Waals surface area contributed by atoms with Crippen LogP contribution in [0.25, 0.3) is 0 Å². The quantitative estimate of drug-likeness (QED) is 0.827. The molecule has 2 aliphatic heterocycles. The lowest BCUT2D eigenvalue weighted by atomic mass is 10.0. The number of sulfonamides is 1. The zero-order valence-electron chi connectivity index (χ0n) is 15.8. The average molecular weight is 401 g/mol. The number of nitrogens with zero attached hydrogens (tertiary/aromatic N) is 3. The molecule has 0 amide bonds. The lowest BCUT2D eigenvalue weighted by Crippen LogP contribution is -2.40. The number of rotatable bonds is 5. The summed E-state index contributed by atoms with van der Waals surface area (Å²) in [5.74, 6) is 0.698. The number of hydrogen-bond donors (Lipinski definition) is 1. The fourth-order valence-electron chi connectivity index (χ4n) is 3.42. The molecule has 2 aliphatic rings. The van der Waals surface area contributed by atoms with E-state index in [-0.39, 0.29) is 4.90 Å². The largest absolute Gasteiger partial charge is 0.379 e. The third-order valence-electron chi connectivity index (χ3n) is 5.05. The van der Waals surface area contributed by atoms with Crippen LogP contribution < -0.4 is 10.4 Å². The van der Waals surface area contributed by atoms with Gasteiger partial charge in [-0.3, -0.25) is 5.01 Å². The van der Waals surface area contributed by atoms with Crippen LogP contribution in [0.5, 0.6) is 0 Å². The highest BCUT2D eigenvalue weighted by Crippen LogP contribution is 2.23. The van der Waals surface area contributed by atoms with Gasteiger partial charge in [0, 0.05) is 25.0 Å². The molecule has 4 rings (SSSR count). The molecule has 2 aromatic rings. The van der Waals surface area contributed by atoms with Crippen molar-refractivity contribution < 1.29 is 13.2 Å². The van der Waals surface area contributed by atoms with Gasteiger partial charge >= 0.3 is 0 Å². The van der Waals surface area contributed by atoms with Crippen molar-refractivity contribution in [2.45, 2.75) is 18.2 Å². The van der Waals surface area contributed by atoms with Gasteiger partial charge in [-0.2, -0.15) is 4.31 Å². The molecular weight excluding hydrogens is 376 g/mol. The molecule has 1 aromatic heterocycles. The summed E-state index contributed by atoms with van der Waals surface area (Å²) in [7, 11) is -3.52. The van der Waals surface area contributed by atoms with E-state index in [0.29, 0.717) is 38.7 Å². The Hall–Kier alpha value is -2.42. The lowest BCUT2D eigenvalue weighted by molar-refractivity contribution is 0.0730. The van der Waals surface area contributed by atoms with Gasteiger partial charge in [0.1, 0.15) is 10.7 Å². The number of benzene rings is 1. The van der Waals surface area contributed by atoms with Crippen molar-refractivity contribution in [1.29, 1.82) is 0 Å². The van der Waals surface area contributed by atoms with Crippen LogP contribution in [0, 0.1) is 0 Å². The highest BCUT2D eigenvalue weighted by atomic mass is 32.2. The molecule has 148 valence electrons. The van der Waals surface area contributed by atoms with Crippen LogP contribution in [-0.4, -0.2) is 50.6 Å². The average Bonchev–Trinajstić information content (AvgIpc) is 3.10. The molecule has 8 heteroatoms. The first kappa shape index (κ1) is 18.9. The second kappa shape index (κ2) is 7.90. The minimum Gasteiger partial charge on any atom is -0.379 e. The number of pyridine rings is 1. The Morgan fingerprint density at radius 3 is 2.54 bits per heavy atom. The van der Waals surface area contributed by atoms with Crippen LogP contribution in [-0.2, 0) is 21.2 Å². The van der Waals surface area contributed by atoms with Crippen molar-refractivity contribution in [3.05, 3.63) is 65.5 Å². The van der Waals surface area contributed by atoms with Crippen molar-refractivity contribution >= 4 is 15.8 Å². The van der Waals surface area contributed by atoms with E-state index in [9.17, 15) is 8.42 Å². The van der Waals surface area contributed by atoms with Crippen LogP contribution in [0.4, 0.5) is 5.82 Å². The maximum atomic E-state index is 12.7. The third kappa shape index (κ3) is 3.89. The Bertz CT molecular complexity index is 953. The lowest BCUT2D eigenvalue weighted by Gasteiger charge is -2.26. The van der Waals surface area contributed by atoms with Crippen molar-refractivity contribution in [2.24, 2.45) is 0 Å². The van der Waals surface area contributed by atoms with Gasteiger partial charge in [-0.1, -0.05) is 30.3 Å². The van der Waals surface area contributed by atoms with Crippen LogP contribution in [0.15, 0.2) is 64.8 Å². The maximum Gasteiger partial charge on any atom is 0.244 e. The molecule has 0 radical (unpaired) electrons. The van der Waals surface area contributed by atoms with Crippen LogP contribution >= 0.6 is 0 Å². The smallest absolute Gasteiger partial charge is 0.244 e. The Morgan fingerprint density at radius 2 is 1.86 bits per heavy atom. The van der Waals surface area contributed by atoms with Crippen molar-refractivity contribution in [2.75, 3.05) is 37.9 Å². The molecule has 0 spiro atoms. The minimum atomic E-state index is -3.52. The van der Waals surface area contributed by atoms with Crippen LogP contribution in [0.3, 0.4) is 0 Å². The summed E-state index contributed by atoms with van der Waals surface area (Å²) in [6.07, 6.45) is 2.31. The molecular formula is C20H24N4O3S. The van der Waals surface area contributed by atoms with Crippen molar-refractivity contribution in [3.8, 4) is 0 Å². The van der Waals surface area contributed by atoms with Gasteiger partial charge in [-0.05, 0) is 36.6 Å². The number of nitrogens with one attached hydrogen (secondary N) is 1. The predicted molar refractivity (Wildman–Crippen MR) is 107 cm³/mol. The van der Waals surface area contributed by atoms with E-state index in [1.54, 1.807) is 12.1 Å². The number of morpholine rings is 1. The van der Waals surface area contributed by atoms with Crippen LogP contribution in [0.1, 0.15) is 12.5 Å². The Balaban J connectivity index is 1.45. The Labute approximate surface area is 165 Å². The summed E-state index contributed by atoms with van der Waals surface area (Å²) in [4.78, 5) is 4.61.